The van der Waals surface area contributed by atoms with E-state index in [4.69, 9.17) is 9.84 Å². The van der Waals surface area contributed by atoms with E-state index in [1.54, 1.807) is 6.92 Å². The number of thiazole rings is 1. The van der Waals surface area contributed by atoms with Gasteiger partial charge in [-0.1, -0.05) is 0 Å². The number of carboxylic acids is 1. The van der Waals surface area contributed by atoms with Crippen LogP contribution in [0.4, 0.5) is 5.13 Å². The maximum Gasteiger partial charge on any atom is 0.355 e. The van der Waals surface area contributed by atoms with Crippen LogP contribution in [0.5, 0.6) is 0 Å². The van der Waals surface area contributed by atoms with Crippen LogP contribution in [0, 0.1) is 12.8 Å². The summed E-state index contributed by atoms with van der Waals surface area (Å²) in [7, 11) is 1.96. The van der Waals surface area contributed by atoms with Gasteiger partial charge in [-0.15, -0.1) is 11.3 Å². The summed E-state index contributed by atoms with van der Waals surface area (Å²) in [6.07, 6.45) is 2.27. The molecule has 1 aliphatic rings. The molecule has 0 spiro atoms. The third-order valence-corrected chi connectivity index (χ3v) is 4.19. The van der Waals surface area contributed by atoms with Gasteiger partial charge < -0.3 is 14.7 Å². The van der Waals surface area contributed by atoms with Gasteiger partial charge in [-0.3, -0.25) is 0 Å². The van der Waals surface area contributed by atoms with Crippen LogP contribution in [0.3, 0.4) is 0 Å². The fraction of sp³-hybridized carbons (Fsp3) is 0.667. The van der Waals surface area contributed by atoms with Gasteiger partial charge in [0.2, 0.25) is 0 Å². The zero-order valence-corrected chi connectivity index (χ0v) is 11.5. The molecule has 1 aromatic heterocycles. The first-order chi connectivity index (χ1) is 8.58. The molecular formula is C12H18N2O3S. The van der Waals surface area contributed by atoms with E-state index in [0.29, 0.717) is 5.92 Å². The molecule has 0 bridgehead atoms. The second-order valence-electron chi connectivity index (χ2n) is 4.67. The first kappa shape index (κ1) is 13.3. The molecule has 1 atom stereocenters. The van der Waals surface area contributed by atoms with Gasteiger partial charge >= 0.3 is 5.97 Å². The Morgan fingerprint density at radius 2 is 2.44 bits per heavy atom. The molecule has 1 saturated heterocycles. The minimum atomic E-state index is -0.954. The zero-order valence-electron chi connectivity index (χ0n) is 10.7. The molecule has 0 aromatic carbocycles. The number of ether oxygens (including phenoxy) is 1. The molecule has 6 heteroatoms. The number of carbonyl (C=O) groups is 1. The van der Waals surface area contributed by atoms with E-state index in [1.165, 1.54) is 17.8 Å². The Morgan fingerprint density at radius 1 is 1.67 bits per heavy atom. The van der Waals surface area contributed by atoms with Gasteiger partial charge in [-0.2, -0.15) is 0 Å². The third kappa shape index (κ3) is 3.00. The summed E-state index contributed by atoms with van der Waals surface area (Å²) >= 11 is 1.43. The molecule has 1 fully saturated rings. The normalized spacial score (nSPS) is 19.8. The molecule has 1 N–H and O–H groups in total. The second-order valence-corrected chi connectivity index (χ2v) is 5.85. The molecule has 2 heterocycles. The molecule has 0 aliphatic carbocycles. The van der Waals surface area contributed by atoms with Crippen LogP contribution < -0.4 is 4.90 Å². The fourth-order valence-electron chi connectivity index (χ4n) is 2.16. The van der Waals surface area contributed by atoms with E-state index < -0.39 is 5.97 Å². The maximum absolute atomic E-state index is 11.0. The monoisotopic (exact) mass is 270 g/mol. The van der Waals surface area contributed by atoms with Crippen molar-refractivity contribution in [3.05, 3.63) is 10.6 Å². The van der Waals surface area contributed by atoms with Crippen LogP contribution >= 0.6 is 11.3 Å². The number of nitrogens with zero attached hydrogens (tertiary/aromatic N) is 2. The van der Waals surface area contributed by atoms with Crippen molar-refractivity contribution in [3.63, 3.8) is 0 Å². The Balaban J connectivity index is 2.01. The lowest BCUT2D eigenvalue weighted by molar-refractivity contribution is 0.0576. The number of carboxylic acid groups (broad SMARTS) is 1. The summed E-state index contributed by atoms with van der Waals surface area (Å²) in [5.74, 6) is -0.439. The molecule has 18 heavy (non-hydrogen) atoms. The summed E-state index contributed by atoms with van der Waals surface area (Å²) in [6, 6.07) is 0. The highest BCUT2D eigenvalue weighted by Crippen LogP contribution is 2.26. The van der Waals surface area contributed by atoms with Gasteiger partial charge in [0.25, 0.3) is 0 Å². The molecular weight excluding hydrogens is 252 g/mol. The molecule has 100 valence electrons. The molecule has 0 saturated carbocycles. The van der Waals surface area contributed by atoms with Crippen LogP contribution in [-0.2, 0) is 4.74 Å². The zero-order chi connectivity index (χ0) is 13.1. The van der Waals surface area contributed by atoms with Crippen LogP contribution in [0.15, 0.2) is 0 Å². The van der Waals surface area contributed by atoms with Crippen molar-refractivity contribution in [1.82, 2.24) is 4.98 Å². The predicted molar refractivity (Wildman–Crippen MR) is 70.6 cm³/mol. The summed E-state index contributed by atoms with van der Waals surface area (Å²) in [5, 5.41) is 9.76. The Kier molecular flexibility index (Phi) is 4.19. The van der Waals surface area contributed by atoms with E-state index in [2.05, 4.69) is 4.98 Å². The van der Waals surface area contributed by atoms with Crippen LogP contribution in [0.25, 0.3) is 0 Å². The van der Waals surface area contributed by atoms with Crippen molar-refractivity contribution in [2.75, 3.05) is 31.7 Å². The highest BCUT2D eigenvalue weighted by Gasteiger charge is 2.20. The number of hydrogen-bond acceptors (Lipinski definition) is 5. The standard InChI is InChI=1S/C12H18N2O3S/c1-8-10(11(15)16)13-12(18-8)14(2)6-9-4-3-5-17-7-9/h9H,3-7H2,1-2H3,(H,15,16). The number of aromatic carboxylic acids is 1. The van der Waals surface area contributed by atoms with Crippen molar-refractivity contribution < 1.29 is 14.6 Å². The first-order valence-corrected chi connectivity index (χ1v) is 6.89. The fourth-order valence-corrected chi connectivity index (χ4v) is 3.03. The minimum Gasteiger partial charge on any atom is -0.476 e. The smallest absolute Gasteiger partial charge is 0.355 e. The average Bonchev–Trinajstić information content (AvgIpc) is 2.73. The lowest BCUT2D eigenvalue weighted by Crippen LogP contribution is -2.30. The van der Waals surface area contributed by atoms with Crippen molar-refractivity contribution in [2.24, 2.45) is 5.92 Å². The van der Waals surface area contributed by atoms with Gasteiger partial charge in [0.1, 0.15) is 0 Å². The Bertz CT molecular complexity index is 427. The molecule has 1 aliphatic heterocycles. The van der Waals surface area contributed by atoms with Crippen molar-refractivity contribution in [3.8, 4) is 0 Å². The maximum atomic E-state index is 11.0. The quantitative estimate of drug-likeness (QED) is 0.906. The average molecular weight is 270 g/mol. The molecule has 5 nitrogen and oxygen atoms in total. The highest BCUT2D eigenvalue weighted by molar-refractivity contribution is 7.15. The van der Waals surface area contributed by atoms with E-state index in [1.807, 2.05) is 11.9 Å². The lowest BCUT2D eigenvalue weighted by atomic mass is 10.0. The Morgan fingerprint density at radius 3 is 3.00 bits per heavy atom. The van der Waals surface area contributed by atoms with Crippen molar-refractivity contribution >= 4 is 22.4 Å². The largest absolute Gasteiger partial charge is 0.476 e. The van der Waals surface area contributed by atoms with Gasteiger partial charge in [-0.05, 0) is 25.7 Å². The summed E-state index contributed by atoms with van der Waals surface area (Å²) < 4.78 is 5.45. The topological polar surface area (TPSA) is 62.7 Å². The van der Waals surface area contributed by atoms with E-state index >= 15 is 0 Å². The van der Waals surface area contributed by atoms with Crippen LogP contribution in [-0.4, -0.2) is 42.9 Å². The minimum absolute atomic E-state index is 0.168. The van der Waals surface area contributed by atoms with Gasteiger partial charge in [0.05, 0.1) is 6.61 Å². The molecule has 0 radical (unpaired) electrons. The van der Waals surface area contributed by atoms with Crippen LogP contribution in [0.1, 0.15) is 28.2 Å². The van der Waals surface area contributed by atoms with E-state index in [9.17, 15) is 4.79 Å². The number of aromatic nitrogens is 1. The Labute approximate surface area is 110 Å². The second kappa shape index (κ2) is 5.67. The first-order valence-electron chi connectivity index (χ1n) is 6.07. The molecule has 0 amide bonds. The van der Waals surface area contributed by atoms with Crippen molar-refractivity contribution in [1.29, 1.82) is 0 Å². The summed E-state index contributed by atoms with van der Waals surface area (Å²) in [4.78, 5) is 17.9. The summed E-state index contributed by atoms with van der Waals surface area (Å²) in [5.41, 5.74) is 0.168. The number of hydrogen-bond donors (Lipinski definition) is 1. The highest BCUT2D eigenvalue weighted by atomic mass is 32.1. The SMILES string of the molecule is Cc1sc(N(C)CC2CCCOC2)nc1C(=O)O. The molecule has 1 aromatic rings. The van der Waals surface area contributed by atoms with E-state index in [-0.39, 0.29) is 5.69 Å². The van der Waals surface area contributed by atoms with Gasteiger partial charge in [0.15, 0.2) is 10.8 Å². The lowest BCUT2D eigenvalue weighted by Gasteiger charge is -2.26. The Hall–Kier alpha value is -1.14. The van der Waals surface area contributed by atoms with Crippen LogP contribution in [0.2, 0.25) is 0 Å². The van der Waals surface area contributed by atoms with Crippen molar-refractivity contribution in [2.45, 2.75) is 19.8 Å². The number of anilines is 1. The number of aryl methyl sites for hydroxylation is 1. The number of rotatable bonds is 4. The predicted octanol–water partition coefficient (Wildman–Crippen LogP) is 2.01. The van der Waals surface area contributed by atoms with E-state index in [0.717, 1.165) is 36.2 Å². The molecule has 2 rings (SSSR count). The van der Waals surface area contributed by atoms with Gasteiger partial charge in [-0.25, -0.2) is 9.78 Å². The third-order valence-electron chi connectivity index (χ3n) is 3.10. The van der Waals surface area contributed by atoms with Gasteiger partial charge in [0, 0.05) is 25.1 Å². The molecule has 1 unspecified atom stereocenters. The summed E-state index contributed by atoms with van der Waals surface area (Å²) in [6.45, 7) is 4.31.